The van der Waals surface area contributed by atoms with E-state index in [-0.39, 0.29) is 115 Å². The first-order valence-electron chi connectivity index (χ1n) is 30.5. The lowest BCUT2D eigenvalue weighted by atomic mass is 9.84. The molecule has 488 valence electrons. The fourth-order valence-electron chi connectivity index (χ4n) is 12.7. The number of carboxylic acid groups (broad SMARTS) is 1. The number of nitrogens with zero attached hydrogens (tertiary/aromatic N) is 6. The molecular weight excluding hydrogens is 1170 g/mol. The van der Waals surface area contributed by atoms with Gasteiger partial charge in [-0.3, -0.25) is 53.1 Å². The van der Waals surface area contributed by atoms with Crippen molar-refractivity contribution >= 4 is 82.4 Å². The third-order valence-electron chi connectivity index (χ3n) is 17.2. The molecule has 1 aliphatic carbocycles. The van der Waals surface area contributed by atoms with Gasteiger partial charge in [0.15, 0.2) is 11.9 Å². The van der Waals surface area contributed by atoms with E-state index in [1.54, 1.807) is 35.7 Å². The monoisotopic (exact) mass is 1260 g/mol. The highest BCUT2D eigenvalue weighted by atomic mass is 32.1. The lowest BCUT2D eigenvalue weighted by Gasteiger charge is -2.42. The van der Waals surface area contributed by atoms with Crippen molar-refractivity contribution in [3.05, 3.63) is 57.8 Å². The third kappa shape index (κ3) is 18.1. The lowest BCUT2D eigenvalue weighted by molar-refractivity contribution is -0.153. The summed E-state index contributed by atoms with van der Waals surface area (Å²) in [5, 5.41) is 46.6. The molecule has 4 aliphatic heterocycles. The molecule has 20 N–H and O–H groups in total. The highest BCUT2D eigenvalue weighted by Gasteiger charge is 2.52. The van der Waals surface area contributed by atoms with Gasteiger partial charge in [-0.1, -0.05) is 43.2 Å². The molecule has 12 atom stereocenters. The summed E-state index contributed by atoms with van der Waals surface area (Å²) < 4.78 is 0. The van der Waals surface area contributed by atoms with Gasteiger partial charge in [0.25, 0.3) is 0 Å². The molecule has 2 aromatic rings. The van der Waals surface area contributed by atoms with Crippen molar-refractivity contribution in [3.63, 3.8) is 0 Å². The van der Waals surface area contributed by atoms with E-state index in [1.807, 2.05) is 6.07 Å². The van der Waals surface area contributed by atoms with E-state index < -0.39 is 133 Å². The predicted octanol–water partition coefficient (Wildman–Crippen LogP) is -4.34. The Balaban J connectivity index is 1.02. The van der Waals surface area contributed by atoms with Gasteiger partial charge < -0.3 is 95.9 Å². The highest BCUT2D eigenvalue weighted by Crippen LogP contribution is 2.41. The number of fused-ring (bicyclic) bond motifs is 2. The number of benzene rings is 1. The van der Waals surface area contributed by atoms with E-state index in [0.717, 1.165) is 29.7 Å². The van der Waals surface area contributed by atoms with Crippen LogP contribution in [0.25, 0.3) is 0 Å². The number of rotatable bonds is 29. The van der Waals surface area contributed by atoms with Crippen LogP contribution in [0, 0.1) is 5.92 Å². The van der Waals surface area contributed by atoms with Crippen LogP contribution in [0.3, 0.4) is 0 Å². The minimum Gasteiger partial charge on any atom is -0.480 e. The summed E-state index contributed by atoms with van der Waals surface area (Å²) in [6.07, 6.45) is 3.78. The van der Waals surface area contributed by atoms with Gasteiger partial charge in [0.05, 0.1) is 25.3 Å². The normalized spacial score (nSPS) is 22.9. The van der Waals surface area contributed by atoms with E-state index in [9.17, 15) is 58.5 Å². The highest BCUT2D eigenvalue weighted by molar-refractivity contribution is 7.09. The second-order valence-electron chi connectivity index (χ2n) is 23.4. The van der Waals surface area contributed by atoms with Crippen LogP contribution in [0.4, 0.5) is 0 Å². The molecule has 9 amide bonds. The molecule has 0 radical (unpaired) electrons. The number of likely N-dealkylation sites (tertiary alicyclic amines) is 3. The number of carbonyl (C=O) groups excluding carboxylic acids is 9. The number of aliphatic imine (C=N–C) groups is 2. The predicted molar refractivity (Wildman–Crippen MR) is 326 cm³/mol. The van der Waals surface area contributed by atoms with E-state index in [1.165, 1.54) is 26.0 Å². The van der Waals surface area contributed by atoms with E-state index in [4.69, 9.17) is 34.4 Å². The summed E-state index contributed by atoms with van der Waals surface area (Å²) >= 11 is 1.28. The number of β-amino-alcohol motifs (C(OH)–C–C–N with tert-alkyl or cyclic N) is 1. The number of hydrogen-bond acceptors (Lipinski definition) is 17. The molecule has 89 heavy (non-hydrogen) atoms. The second kappa shape index (κ2) is 32.5. The zero-order valence-electron chi connectivity index (χ0n) is 49.9. The number of thiophene rings is 1. The molecule has 3 saturated heterocycles. The van der Waals surface area contributed by atoms with Crippen molar-refractivity contribution in [2.24, 2.45) is 50.3 Å². The zero-order chi connectivity index (χ0) is 64.5. The number of aliphatic hydroxyl groups excluding tert-OH is 2. The first-order valence-corrected chi connectivity index (χ1v) is 31.4. The smallest absolute Gasteiger partial charge is 0.326 e. The molecule has 31 heteroatoms. The standard InChI is InChI=1S/C58H87N17O13S/c59-19-5-15-39(56(87)88)70-51(82)45-25-33-11-3-4-17-42(33)75(45)55(86)46-24-32-10-1-2-12-34(32)29-73(46)53(84)41(31-76)71-49(80)40(27-36-13-9-23-89-36)68-47(78)28-67-50(81)44-26-35(77)30-74(44)54(85)43-18-8-22-72(43)52(83)38(16-7-21-66-58(63)64)69-48(79)37(60)14-6-20-65-57(61)62/h1-2,9-10,12-13,23,33,35,37-46,76-77H,3-8,11,14-22,24-31,59-60H2,(H,67,81)(H,68,78)(H,69,79)(H,70,82)(H,71,80)(H,87,88)(H4,61,62,65)(H4,63,64,66)/t33-,35+,37+,38-,39-,40-,41-,42-,43-,44-,45-,46+/m0/s1. The van der Waals surface area contributed by atoms with E-state index >= 15 is 4.79 Å². The van der Waals surface area contributed by atoms with Crippen LogP contribution in [-0.4, -0.2) is 218 Å². The Labute approximate surface area is 519 Å². The van der Waals surface area contributed by atoms with Crippen molar-refractivity contribution in [2.45, 2.75) is 176 Å². The molecule has 0 spiro atoms. The summed E-state index contributed by atoms with van der Waals surface area (Å²) in [6.45, 7) is -1.32. The summed E-state index contributed by atoms with van der Waals surface area (Å²) in [5.74, 6) is -7.98. The Hall–Kier alpha value is -8.00. The number of guanidine groups is 2. The van der Waals surface area contributed by atoms with Crippen LogP contribution in [0.5, 0.6) is 0 Å². The molecule has 0 unspecified atom stereocenters. The van der Waals surface area contributed by atoms with Crippen LogP contribution in [0.2, 0.25) is 0 Å². The Morgan fingerprint density at radius 2 is 1.34 bits per heavy atom. The molecular formula is C58H87N17O13S. The summed E-state index contributed by atoms with van der Waals surface area (Å²) in [6, 6.07) is -0.801. The van der Waals surface area contributed by atoms with Crippen molar-refractivity contribution in [1.29, 1.82) is 0 Å². The van der Waals surface area contributed by atoms with Crippen molar-refractivity contribution < 1.29 is 63.3 Å². The molecule has 1 aromatic carbocycles. The fourth-order valence-corrected chi connectivity index (χ4v) is 13.5. The van der Waals surface area contributed by atoms with Gasteiger partial charge in [-0.15, -0.1) is 11.3 Å². The van der Waals surface area contributed by atoms with Gasteiger partial charge in [0, 0.05) is 62.9 Å². The number of aliphatic hydroxyl groups is 2. The van der Waals surface area contributed by atoms with Crippen molar-refractivity contribution in [2.75, 3.05) is 45.9 Å². The number of hydrogen-bond donors (Lipinski definition) is 14. The van der Waals surface area contributed by atoms with Gasteiger partial charge in [-0.2, -0.15) is 0 Å². The number of nitrogens with two attached hydrogens (primary N) is 6. The first kappa shape index (κ1) is 68.5. The number of amides is 9. The number of carboxylic acids is 1. The van der Waals surface area contributed by atoms with Gasteiger partial charge in [-0.25, -0.2) is 4.79 Å². The van der Waals surface area contributed by atoms with Gasteiger partial charge in [-0.05, 0) is 106 Å². The first-order chi connectivity index (χ1) is 42.6. The van der Waals surface area contributed by atoms with Crippen LogP contribution in [-0.2, 0) is 67.3 Å². The SMILES string of the molecule is NCCC[C@H](NC(=O)[C@@H]1C[C@@H]2CCCC[C@@H]2N1C(=O)[C@H]1Cc2ccccc2CN1C(=O)[C@H](CO)NC(=O)[C@H](Cc1cccs1)NC(=O)CNC(=O)[C@@H]1C[C@@H](O)CN1C(=O)[C@@H]1CCCN1C(=O)[C@H](CCCN=C(N)N)NC(=O)[C@H](N)CCCN=C(N)N)C(=O)O. The molecule has 4 fully saturated rings. The largest absolute Gasteiger partial charge is 0.480 e. The molecule has 1 aromatic heterocycles. The molecule has 30 nitrogen and oxygen atoms in total. The van der Waals surface area contributed by atoms with Gasteiger partial charge in [0.1, 0.15) is 48.3 Å². The van der Waals surface area contributed by atoms with Gasteiger partial charge in [0.2, 0.25) is 53.2 Å². The summed E-state index contributed by atoms with van der Waals surface area (Å²) in [5.41, 5.74) is 35.1. The Bertz CT molecular complexity index is 2910. The lowest BCUT2D eigenvalue weighted by Crippen LogP contribution is -2.63. The number of nitrogens with one attached hydrogen (secondary N) is 5. The number of carbonyl (C=O) groups is 10. The van der Waals surface area contributed by atoms with E-state index in [2.05, 4.69) is 36.6 Å². The van der Waals surface area contributed by atoms with Crippen molar-refractivity contribution in [1.82, 2.24) is 46.2 Å². The average molecular weight is 1260 g/mol. The topological polar surface area (TPSA) is 485 Å². The molecule has 5 aliphatic rings. The molecule has 7 rings (SSSR count). The van der Waals surface area contributed by atoms with Crippen LogP contribution in [0.15, 0.2) is 51.8 Å². The maximum Gasteiger partial charge on any atom is 0.326 e. The van der Waals surface area contributed by atoms with Crippen molar-refractivity contribution in [3.8, 4) is 0 Å². The second-order valence-corrected chi connectivity index (χ2v) is 24.4. The average Bonchev–Trinajstić information content (AvgIpc) is 2.05. The number of aliphatic carboxylic acids is 1. The fraction of sp³-hybridized carbons (Fsp3) is 0.621. The summed E-state index contributed by atoms with van der Waals surface area (Å²) in [7, 11) is 0. The van der Waals surface area contributed by atoms with E-state index in [0.29, 0.717) is 42.5 Å². The Kier molecular flexibility index (Phi) is 25.0. The molecule has 5 heterocycles. The maximum absolute atomic E-state index is 15.3. The van der Waals surface area contributed by atoms with Crippen LogP contribution < -0.4 is 61.0 Å². The Morgan fingerprint density at radius 3 is 2.01 bits per heavy atom. The third-order valence-corrected chi connectivity index (χ3v) is 18.1. The summed E-state index contributed by atoms with van der Waals surface area (Å²) in [4.78, 5) is 155. The Morgan fingerprint density at radius 1 is 0.663 bits per heavy atom. The quantitative estimate of drug-likeness (QED) is 0.0208. The van der Waals surface area contributed by atoms with Crippen LogP contribution >= 0.6 is 11.3 Å². The maximum atomic E-state index is 15.3. The zero-order valence-corrected chi connectivity index (χ0v) is 50.7. The molecule has 1 saturated carbocycles. The van der Waals surface area contributed by atoms with Crippen LogP contribution in [0.1, 0.15) is 106 Å². The minimum atomic E-state index is -1.65. The molecule has 0 bridgehead atoms. The minimum absolute atomic E-state index is 0.0309. The van der Waals surface area contributed by atoms with Gasteiger partial charge >= 0.3 is 5.97 Å².